The zero-order valence-electron chi connectivity index (χ0n) is 10.5. The van der Waals surface area contributed by atoms with Gasteiger partial charge in [-0.1, -0.05) is 18.5 Å². The van der Waals surface area contributed by atoms with Crippen molar-refractivity contribution in [1.82, 2.24) is 0 Å². The molecule has 1 aliphatic rings. The highest BCUT2D eigenvalue weighted by Crippen LogP contribution is 2.42. The third-order valence-electron chi connectivity index (χ3n) is 2.99. The van der Waals surface area contributed by atoms with Crippen molar-refractivity contribution in [3.8, 4) is 11.5 Å². The molecule has 1 heterocycles. The fourth-order valence-electron chi connectivity index (χ4n) is 2.12. The molecule has 0 aromatic heterocycles. The van der Waals surface area contributed by atoms with E-state index >= 15 is 0 Å². The first-order valence-corrected chi connectivity index (χ1v) is 6.45. The van der Waals surface area contributed by atoms with E-state index in [1.165, 1.54) is 6.07 Å². The van der Waals surface area contributed by atoms with Crippen LogP contribution in [0.4, 0.5) is 0 Å². The van der Waals surface area contributed by atoms with Gasteiger partial charge in [0.15, 0.2) is 17.6 Å². The number of halogens is 1. The third kappa shape index (κ3) is 2.62. The monoisotopic (exact) mass is 286 g/mol. The van der Waals surface area contributed by atoms with Crippen molar-refractivity contribution in [1.29, 1.82) is 0 Å². The van der Waals surface area contributed by atoms with E-state index < -0.39 is 12.1 Å². The summed E-state index contributed by atoms with van der Waals surface area (Å²) >= 11 is 6.08. The predicted octanol–water partition coefficient (Wildman–Crippen LogP) is 2.18. The van der Waals surface area contributed by atoms with Crippen LogP contribution in [-0.4, -0.2) is 29.4 Å². The van der Waals surface area contributed by atoms with Gasteiger partial charge in [0.25, 0.3) is 0 Å². The molecular weight excluding hydrogens is 272 g/mol. The fourth-order valence-corrected chi connectivity index (χ4v) is 2.44. The first-order valence-electron chi connectivity index (χ1n) is 6.08. The Morgan fingerprint density at radius 1 is 1.47 bits per heavy atom. The maximum atomic E-state index is 11.0. The van der Waals surface area contributed by atoms with Crippen molar-refractivity contribution in [2.24, 2.45) is 0 Å². The van der Waals surface area contributed by atoms with Crippen LogP contribution in [-0.2, 0) is 11.2 Å². The van der Waals surface area contributed by atoms with Crippen molar-refractivity contribution in [2.75, 3.05) is 13.2 Å². The summed E-state index contributed by atoms with van der Waals surface area (Å²) in [5, 5.41) is 18.9. The molecule has 0 fully saturated rings. The van der Waals surface area contributed by atoms with Gasteiger partial charge in [0.1, 0.15) is 0 Å². The van der Waals surface area contributed by atoms with Crippen LogP contribution in [0.2, 0.25) is 5.02 Å². The van der Waals surface area contributed by atoms with Crippen molar-refractivity contribution in [3.63, 3.8) is 0 Å². The number of fused-ring (bicyclic) bond motifs is 1. The number of carboxylic acid groups (broad SMARTS) is 1. The van der Waals surface area contributed by atoms with Crippen LogP contribution in [0.3, 0.4) is 0 Å². The molecule has 2 N–H and O–H groups in total. The smallest absolute Gasteiger partial charge is 0.337 e. The predicted molar refractivity (Wildman–Crippen MR) is 69.0 cm³/mol. The fraction of sp³-hybridized carbons (Fsp3) is 0.462. The van der Waals surface area contributed by atoms with E-state index in [9.17, 15) is 9.90 Å². The van der Waals surface area contributed by atoms with Crippen molar-refractivity contribution >= 4 is 17.6 Å². The lowest BCUT2D eigenvalue weighted by Gasteiger charge is -2.19. The molecule has 0 aliphatic carbocycles. The Morgan fingerprint density at radius 3 is 2.79 bits per heavy atom. The second-order valence-electron chi connectivity index (χ2n) is 4.22. The third-order valence-corrected chi connectivity index (χ3v) is 3.30. The second-order valence-corrected chi connectivity index (χ2v) is 4.63. The molecule has 1 aromatic rings. The van der Waals surface area contributed by atoms with Crippen LogP contribution in [0, 0.1) is 0 Å². The Balaban J connectivity index is 2.61. The summed E-state index contributed by atoms with van der Waals surface area (Å²) in [5.74, 6) is -0.355. The molecule has 2 rings (SSSR count). The minimum Gasteiger partial charge on any atom is -0.489 e. The molecule has 104 valence electrons. The summed E-state index contributed by atoms with van der Waals surface area (Å²) in [6.45, 7) is 2.86. The molecule has 5 nitrogen and oxygen atoms in total. The summed E-state index contributed by atoms with van der Waals surface area (Å²) in [6.07, 6.45) is -0.433. The summed E-state index contributed by atoms with van der Waals surface area (Å²) in [4.78, 5) is 11.0. The SMILES string of the molecule is CCc1c2c(cc(Cl)c1C(O)C(=O)O)OCCCO2. The molecular formula is C13H15ClO5. The Hall–Kier alpha value is -1.46. The van der Waals surface area contributed by atoms with Gasteiger partial charge >= 0.3 is 5.97 Å². The largest absolute Gasteiger partial charge is 0.489 e. The Morgan fingerprint density at radius 2 is 2.16 bits per heavy atom. The van der Waals surface area contributed by atoms with Crippen LogP contribution in [0.5, 0.6) is 11.5 Å². The number of aliphatic hydroxyl groups is 1. The molecule has 1 unspecified atom stereocenters. The molecule has 1 aliphatic heterocycles. The molecule has 0 saturated heterocycles. The normalized spacial score (nSPS) is 15.7. The van der Waals surface area contributed by atoms with Crippen LogP contribution in [0.1, 0.15) is 30.6 Å². The first-order chi connectivity index (χ1) is 9.06. The van der Waals surface area contributed by atoms with Gasteiger partial charge in [-0.3, -0.25) is 0 Å². The van der Waals surface area contributed by atoms with Gasteiger partial charge in [0, 0.05) is 23.6 Å². The number of aliphatic hydroxyl groups excluding tert-OH is 1. The molecule has 0 saturated carbocycles. The van der Waals surface area contributed by atoms with Crippen molar-refractivity contribution < 1.29 is 24.5 Å². The minimum absolute atomic E-state index is 0.177. The number of hydrogen-bond acceptors (Lipinski definition) is 4. The van der Waals surface area contributed by atoms with E-state index in [2.05, 4.69) is 0 Å². The molecule has 1 aromatic carbocycles. The van der Waals surface area contributed by atoms with Gasteiger partial charge in [-0.2, -0.15) is 0 Å². The number of carbonyl (C=O) groups is 1. The molecule has 1 atom stereocenters. The van der Waals surface area contributed by atoms with Crippen molar-refractivity contribution in [2.45, 2.75) is 25.9 Å². The maximum absolute atomic E-state index is 11.0. The Kier molecular flexibility index (Phi) is 4.17. The second kappa shape index (κ2) is 5.67. The van der Waals surface area contributed by atoms with Gasteiger partial charge in [0.2, 0.25) is 0 Å². The highest BCUT2D eigenvalue weighted by molar-refractivity contribution is 6.32. The maximum Gasteiger partial charge on any atom is 0.337 e. The van der Waals surface area contributed by atoms with E-state index in [0.717, 1.165) is 6.42 Å². The van der Waals surface area contributed by atoms with Gasteiger partial charge in [-0.25, -0.2) is 4.79 Å². The topological polar surface area (TPSA) is 76.0 Å². The summed E-state index contributed by atoms with van der Waals surface area (Å²) in [6, 6.07) is 1.50. The van der Waals surface area contributed by atoms with Crippen LogP contribution in [0.25, 0.3) is 0 Å². The zero-order valence-corrected chi connectivity index (χ0v) is 11.2. The van der Waals surface area contributed by atoms with Crippen LogP contribution in [0.15, 0.2) is 6.07 Å². The summed E-state index contributed by atoms with van der Waals surface area (Å²) in [7, 11) is 0. The number of benzene rings is 1. The summed E-state index contributed by atoms with van der Waals surface area (Å²) < 4.78 is 11.1. The Bertz CT molecular complexity index is 500. The molecule has 0 amide bonds. The van der Waals surface area contributed by atoms with E-state index in [1.54, 1.807) is 0 Å². The number of carboxylic acids is 1. The molecule has 6 heteroatoms. The molecule has 0 spiro atoms. The quantitative estimate of drug-likeness (QED) is 0.891. The van der Waals surface area contributed by atoms with E-state index in [-0.39, 0.29) is 10.6 Å². The standard InChI is InChI=1S/C13H15ClO5/c1-2-7-10(11(15)13(16)17)8(14)6-9-12(7)19-5-3-4-18-9/h6,11,15H,2-5H2,1H3,(H,16,17). The summed E-state index contributed by atoms with van der Waals surface area (Å²) in [5.41, 5.74) is 0.764. The number of aliphatic carboxylic acids is 1. The van der Waals surface area contributed by atoms with Gasteiger partial charge in [-0.05, 0) is 6.42 Å². The van der Waals surface area contributed by atoms with Crippen molar-refractivity contribution in [3.05, 3.63) is 22.2 Å². The van der Waals surface area contributed by atoms with Gasteiger partial charge in [0.05, 0.1) is 18.2 Å². The molecule has 0 radical (unpaired) electrons. The average Bonchev–Trinajstić information content (AvgIpc) is 2.61. The van der Waals surface area contributed by atoms with E-state index in [1.807, 2.05) is 6.92 Å². The highest BCUT2D eigenvalue weighted by atomic mass is 35.5. The highest BCUT2D eigenvalue weighted by Gasteiger charge is 2.28. The van der Waals surface area contributed by atoms with Crippen LogP contribution < -0.4 is 9.47 Å². The van der Waals surface area contributed by atoms with E-state index in [0.29, 0.717) is 36.7 Å². The lowest BCUT2D eigenvalue weighted by atomic mass is 9.98. The Labute approximate surface area is 115 Å². The minimum atomic E-state index is -1.67. The number of hydrogen-bond donors (Lipinski definition) is 2. The van der Waals surface area contributed by atoms with Gasteiger partial charge in [-0.15, -0.1) is 0 Å². The molecule has 19 heavy (non-hydrogen) atoms. The lowest BCUT2D eigenvalue weighted by molar-refractivity contribution is -0.147. The lowest BCUT2D eigenvalue weighted by Crippen LogP contribution is -2.14. The van der Waals surface area contributed by atoms with Crippen LogP contribution >= 0.6 is 11.6 Å². The number of rotatable bonds is 3. The first kappa shape index (κ1) is 14.0. The van der Waals surface area contributed by atoms with Gasteiger partial charge < -0.3 is 19.7 Å². The average molecular weight is 287 g/mol. The number of ether oxygens (including phenoxy) is 2. The zero-order chi connectivity index (χ0) is 14.0. The van der Waals surface area contributed by atoms with E-state index in [4.69, 9.17) is 26.2 Å². The molecule has 0 bridgehead atoms.